The molecule has 0 saturated carbocycles. The van der Waals surface area contributed by atoms with Crippen LogP contribution in [0.4, 0.5) is 0 Å². The first-order valence-electron chi connectivity index (χ1n) is 5.57. The van der Waals surface area contributed by atoms with Crippen LogP contribution in [0.15, 0.2) is 23.4 Å². The van der Waals surface area contributed by atoms with E-state index < -0.39 is 0 Å². The highest BCUT2D eigenvalue weighted by atomic mass is 32.2. The molecule has 0 bridgehead atoms. The molecule has 100 valence electrons. The second-order valence-electron chi connectivity index (χ2n) is 3.68. The van der Waals surface area contributed by atoms with Crippen LogP contribution in [0.1, 0.15) is 11.1 Å². The molecule has 0 atom stereocenters. The lowest BCUT2D eigenvalue weighted by atomic mass is 10.1. The number of nitrogens with one attached hydrogen (secondary N) is 1. The van der Waals surface area contributed by atoms with E-state index in [9.17, 15) is 0 Å². The smallest absolute Gasteiger partial charge is 0.170 e. The molecule has 0 saturated heterocycles. The topological polar surface area (TPSA) is 79.9 Å². The van der Waals surface area contributed by atoms with E-state index in [-0.39, 0.29) is 5.84 Å². The van der Waals surface area contributed by atoms with Gasteiger partial charge in [-0.15, -0.1) is 0 Å². The molecule has 0 unspecified atom stereocenters. The summed E-state index contributed by atoms with van der Waals surface area (Å²) in [5.41, 5.74) is 7.24. The number of hydrogen-bond donors (Lipinski definition) is 3. The van der Waals surface area contributed by atoms with E-state index in [0.29, 0.717) is 12.1 Å². The van der Waals surface area contributed by atoms with Gasteiger partial charge < -0.3 is 21.0 Å². The van der Waals surface area contributed by atoms with Crippen molar-refractivity contribution in [2.75, 3.05) is 25.7 Å². The quantitative estimate of drug-likeness (QED) is 0.228. The molecule has 0 radical (unpaired) electrons. The van der Waals surface area contributed by atoms with Gasteiger partial charge in [0.05, 0.1) is 7.11 Å². The third-order valence-electron chi connectivity index (χ3n) is 2.48. The van der Waals surface area contributed by atoms with Gasteiger partial charge in [-0.25, -0.2) is 0 Å². The molecule has 0 fully saturated rings. The molecule has 6 heteroatoms. The summed E-state index contributed by atoms with van der Waals surface area (Å²) >= 11 is 1.79. The van der Waals surface area contributed by atoms with E-state index >= 15 is 0 Å². The van der Waals surface area contributed by atoms with Crippen molar-refractivity contribution >= 4 is 17.6 Å². The molecule has 0 aliphatic heterocycles. The second-order valence-corrected chi connectivity index (χ2v) is 4.67. The zero-order chi connectivity index (χ0) is 13.4. The SMILES string of the molecule is COc1ccc(/C(N)=N/O)cc1CNCCSC. The van der Waals surface area contributed by atoms with Crippen molar-refractivity contribution in [2.45, 2.75) is 6.54 Å². The number of hydrogen-bond acceptors (Lipinski definition) is 5. The Labute approximate surface area is 111 Å². The minimum atomic E-state index is 0.100. The number of nitrogens with zero attached hydrogens (tertiary/aromatic N) is 1. The molecule has 18 heavy (non-hydrogen) atoms. The van der Waals surface area contributed by atoms with Gasteiger partial charge in [0, 0.05) is 30.0 Å². The minimum absolute atomic E-state index is 0.100. The van der Waals surface area contributed by atoms with E-state index in [2.05, 4.69) is 16.7 Å². The van der Waals surface area contributed by atoms with Crippen molar-refractivity contribution < 1.29 is 9.94 Å². The van der Waals surface area contributed by atoms with Crippen LogP contribution in [0.2, 0.25) is 0 Å². The molecule has 0 aromatic heterocycles. The summed E-state index contributed by atoms with van der Waals surface area (Å²) in [6.07, 6.45) is 2.07. The van der Waals surface area contributed by atoms with Crippen LogP contribution < -0.4 is 15.8 Å². The lowest BCUT2D eigenvalue weighted by molar-refractivity contribution is 0.318. The molecular formula is C12H19N3O2S. The summed E-state index contributed by atoms with van der Waals surface area (Å²) in [7, 11) is 1.63. The molecule has 0 aliphatic rings. The Bertz CT molecular complexity index is 410. The van der Waals surface area contributed by atoms with Crippen molar-refractivity contribution in [1.29, 1.82) is 0 Å². The normalized spacial score (nSPS) is 11.6. The zero-order valence-corrected chi connectivity index (χ0v) is 11.5. The largest absolute Gasteiger partial charge is 0.496 e. The van der Waals surface area contributed by atoms with Gasteiger partial charge in [0.15, 0.2) is 5.84 Å². The Hall–Kier alpha value is -1.40. The summed E-state index contributed by atoms with van der Waals surface area (Å²) < 4.78 is 5.28. The average molecular weight is 269 g/mol. The average Bonchev–Trinajstić information content (AvgIpc) is 2.42. The van der Waals surface area contributed by atoms with Crippen molar-refractivity contribution in [3.63, 3.8) is 0 Å². The Morgan fingerprint density at radius 2 is 2.33 bits per heavy atom. The van der Waals surface area contributed by atoms with Crippen LogP contribution in [0.3, 0.4) is 0 Å². The van der Waals surface area contributed by atoms with Gasteiger partial charge in [-0.1, -0.05) is 5.16 Å². The summed E-state index contributed by atoms with van der Waals surface area (Å²) in [5, 5.41) is 15.0. The van der Waals surface area contributed by atoms with Crippen molar-refractivity contribution in [2.24, 2.45) is 10.9 Å². The fraction of sp³-hybridized carbons (Fsp3) is 0.417. The number of methoxy groups -OCH3 is 1. The molecular weight excluding hydrogens is 250 g/mol. The first-order valence-corrected chi connectivity index (χ1v) is 6.96. The number of rotatable bonds is 7. The maximum atomic E-state index is 8.66. The van der Waals surface area contributed by atoms with E-state index in [1.54, 1.807) is 24.9 Å². The van der Waals surface area contributed by atoms with Gasteiger partial charge in [0.25, 0.3) is 0 Å². The number of thioether (sulfide) groups is 1. The van der Waals surface area contributed by atoms with Crippen molar-refractivity contribution in [1.82, 2.24) is 5.32 Å². The highest BCUT2D eigenvalue weighted by molar-refractivity contribution is 7.98. The second kappa shape index (κ2) is 7.84. The minimum Gasteiger partial charge on any atom is -0.496 e. The van der Waals surface area contributed by atoms with Gasteiger partial charge >= 0.3 is 0 Å². The fourth-order valence-electron chi connectivity index (χ4n) is 1.53. The number of nitrogens with two attached hydrogens (primary N) is 1. The van der Waals surface area contributed by atoms with Crippen LogP contribution in [-0.4, -0.2) is 36.7 Å². The number of oxime groups is 1. The molecule has 1 aromatic carbocycles. The van der Waals surface area contributed by atoms with Crippen LogP contribution in [0.5, 0.6) is 5.75 Å². The monoisotopic (exact) mass is 269 g/mol. The van der Waals surface area contributed by atoms with Gasteiger partial charge in [-0.05, 0) is 24.5 Å². The number of amidine groups is 1. The van der Waals surface area contributed by atoms with Crippen LogP contribution >= 0.6 is 11.8 Å². The standard InChI is InChI=1S/C12H19N3O2S/c1-17-11-4-3-9(12(13)15-16)7-10(11)8-14-5-6-18-2/h3-4,7,14,16H,5-6,8H2,1-2H3,(H2,13,15). The third kappa shape index (κ3) is 4.12. The van der Waals surface area contributed by atoms with Gasteiger partial charge in [0.1, 0.15) is 5.75 Å². The Morgan fingerprint density at radius 3 is 2.94 bits per heavy atom. The van der Waals surface area contributed by atoms with E-state index in [1.807, 2.05) is 12.1 Å². The third-order valence-corrected chi connectivity index (χ3v) is 3.09. The van der Waals surface area contributed by atoms with E-state index in [1.165, 1.54) is 0 Å². The molecule has 1 aromatic rings. The molecule has 0 aliphatic carbocycles. The van der Waals surface area contributed by atoms with E-state index in [0.717, 1.165) is 23.6 Å². The molecule has 0 heterocycles. The van der Waals surface area contributed by atoms with Gasteiger partial charge in [-0.3, -0.25) is 0 Å². The molecule has 4 N–H and O–H groups in total. The molecule has 0 spiro atoms. The van der Waals surface area contributed by atoms with Crippen LogP contribution in [0.25, 0.3) is 0 Å². The van der Waals surface area contributed by atoms with Gasteiger partial charge in [0.2, 0.25) is 0 Å². The van der Waals surface area contributed by atoms with Crippen molar-refractivity contribution in [3.05, 3.63) is 29.3 Å². The molecule has 5 nitrogen and oxygen atoms in total. The predicted molar refractivity (Wildman–Crippen MR) is 75.6 cm³/mol. The summed E-state index contributed by atoms with van der Waals surface area (Å²) in [5.74, 6) is 1.95. The lowest BCUT2D eigenvalue weighted by Crippen LogP contribution is -2.18. The first kappa shape index (κ1) is 14.7. The fourth-order valence-corrected chi connectivity index (χ4v) is 1.88. The Kier molecular flexibility index (Phi) is 6.38. The van der Waals surface area contributed by atoms with Crippen molar-refractivity contribution in [3.8, 4) is 5.75 Å². The number of benzene rings is 1. The summed E-state index contributed by atoms with van der Waals surface area (Å²) in [6, 6.07) is 5.44. The van der Waals surface area contributed by atoms with Crippen LogP contribution in [-0.2, 0) is 6.54 Å². The predicted octanol–water partition coefficient (Wildman–Crippen LogP) is 1.24. The molecule has 0 amide bonds. The Morgan fingerprint density at radius 1 is 1.56 bits per heavy atom. The lowest BCUT2D eigenvalue weighted by Gasteiger charge is -2.11. The van der Waals surface area contributed by atoms with E-state index in [4.69, 9.17) is 15.7 Å². The zero-order valence-electron chi connectivity index (χ0n) is 10.6. The highest BCUT2D eigenvalue weighted by Crippen LogP contribution is 2.19. The van der Waals surface area contributed by atoms with Crippen LogP contribution in [0, 0.1) is 0 Å². The summed E-state index contributed by atoms with van der Waals surface area (Å²) in [6.45, 7) is 1.62. The van der Waals surface area contributed by atoms with Gasteiger partial charge in [-0.2, -0.15) is 11.8 Å². The highest BCUT2D eigenvalue weighted by Gasteiger charge is 2.06. The number of ether oxygens (including phenoxy) is 1. The maximum absolute atomic E-state index is 8.66. The molecule has 1 rings (SSSR count). The Balaban J connectivity index is 2.79. The maximum Gasteiger partial charge on any atom is 0.170 e. The summed E-state index contributed by atoms with van der Waals surface area (Å²) in [4.78, 5) is 0. The first-order chi connectivity index (χ1) is 8.72.